The summed E-state index contributed by atoms with van der Waals surface area (Å²) in [5.74, 6) is 0.430. The topological polar surface area (TPSA) is 97.0 Å². The maximum atomic E-state index is 12.5. The van der Waals surface area contributed by atoms with Gasteiger partial charge in [-0.15, -0.1) is 0 Å². The number of amides is 1. The molecule has 0 spiro atoms. The van der Waals surface area contributed by atoms with E-state index in [4.69, 9.17) is 9.88 Å². The summed E-state index contributed by atoms with van der Waals surface area (Å²) in [7, 11) is -1.56. The molecule has 1 aliphatic heterocycles. The van der Waals surface area contributed by atoms with Crippen molar-refractivity contribution in [1.29, 1.82) is 0 Å². The lowest BCUT2D eigenvalue weighted by molar-refractivity contribution is 0.0131. The Morgan fingerprint density at radius 2 is 2.07 bits per heavy atom. The number of nitrogens with two attached hydrogens (primary N) is 1. The first kappa shape index (κ1) is 24.8. The molecule has 1 aliphatic rings. The van der Waals surface area contributed by atoms with E-state index in [0.29, 0.717) is 24.0 Å². The van der Waals surface area contributed by atoms with Crippen molar-refractivity contribution >= 4 is 22.8 Å². The molecule has 0 aliphatic carbocycles. The molecule has 1 amide bonds. The predicted octanol–water partition coefficient (Wildman–Crippen LogP) is 3.34. The van der Waals surface area contributed by atoms with Gasteiger partial charge in [0.1, 0.15) is 21.6 Å². The van der Waals surface area contributed by atoms with Crippen LogP contribution in [0.1, 0.15) is 67.7 Å². The van der Waals surface area contributed by atoms with Gasteiger partial charge >= 0.3 is 6.09 Å². The number of hydrogen-bond donors (Lipinski definition) is 2. The third-order valence-electron chi connectivity index (χ3n) is 4.57. The molecule has 0 aromatic rings. The Morgan fingerprint density at radius 1 is 1.43 bits per heavy atom. The molecular weight excluding hydrogens is 376 g/mol. The first-order chi connectivity index (χ1) is 12.9. The Kier molecular flexibility index (Phi) is 9.30. The van der Waals surface area contributed by atoms with Gasteiger partial charge in [-0.2, -0.15) is 0 Å². The summed E-state index contributed by atoms with van der Waals surface area (Å²) in [6.45, 7) is 15.9. The van der Waals surface area contributed by atoms with Gasteiger partial charge in [-0.1, -0.05) is 6.92 Å². The van der Waals surface area contributed by atoms with Gasteiger partial charge in [0, 0.05) is 24.3 Å². The Balaban J connectivity index is 2.49. The average Bonchev–Trinajstić information content (AvgIpc) is 2.84. The minimum atomic E-state index is -1.56. The molecular formula is C20H38N4O3S. The van der Waals surface area contributed by atoms with Crippen LogP contribution in [0.5, 0.6) is 0 Å². The summed E-state index contributed by atoms with van der Waals surface area (Å²) in [5.41, 5.74) is 0.165. The van der Waals surface area contributed by atoms with Crippen molar-refractivity contribution in [3.63, 3.8) is 0 Å². The van der Waals surface area contributed by atoms with Gasteiger partial charge in [-0.3, -0.25) is 0 Å². The van der Waals surface area contributed by atoms with Crippen molar-refractivity contribution in [2.75, 3.05) is 19.6 Å². The van der Waals surface area contributed by atoms with E-state index in [1.54, 1.807) is 6.08 Å². The van der Waals surface area contributed by atoms with Crippen molar-refractivity contribution in [3.8, 4) is 0 Å². The fourth-order valence-electron chi connectivity index (χ4n) is 3.37. The van der Waals surface area contributed by atoms with E-state index >= 15 is 0 Å². The normalized spacial score (nSPS) is 21.7. The van der Waals surface area contributed by atoms with Crippen LogP contribution in [0.3, 0.4) is 0 Å². The highest BCUT2D eigenvalue weighted by molar-refractivity contribution is 7.86. The fourth-order valence-corrected chi connectivity index (χ4v) is 3.95. The summed E-state index contributed by atoms with van der Waals surface area (Å²) in [6.07, 6.45) is 4.22. The molecule has 7 nitrogen and oxygen atoms in total. The first-order valence-corrected chi connectivity index (χ1v) is 11.2. The maximum absolute atomic E-state index is 12.5. The van der Waals surface area contributed by atoms with Gasteiger partial charge in [-0.25, -0.2) is 19.1 Å². The zero-order valence-electron chi connectivity index (χ0n) is 18.5. The van der Waals surface area contributed by atoms with Crippen LogP contribution in [-0.2, 0) is 15.7 Å². The van der Waals surface area contributed by atoms with Crippen LogP contribution in [0.4, 0.5) is 4.79 Å². The second kappa shape index (κ2) is 10.5. The molecule has 2 atom stereocenters. The van der Waals surface area contributed by atoms with E-state index < -0.39 is 16.6 Å². The Morgan fingerprint density at radius 3 is 2.61 bits per heavy atom. The summed E-state index contributed by atoms with van der Waals surface area (Å²) < 4.78 is 17.0. The lowest BCUT2D eigenvalue weighted by Crippen LogP contribution is -2.45. The van der Waals surface area contributed by atoms with Gasteiger partial charge in [0.05, 0.1) is 0 Å². The van der Waals surface area contributed by atoms with Gasteiger partial charge in [0.15, 0.2) is 0 Å². The number of allylic oxidation sites excluding steroid dienone is 1. The lowest BCUT2D eigenvalue weighted by atomic mass is 9.94. The Labute approximate surface area is 172 Å². The first-order valence-electron chi connectivity index (χ1n) is 9.97. The van der Waals surface area contributed by atoms with Crippen LogP contribution < -0.4 is 10.5 Å². The van der Waals surface area contributed by atoms with Crippen molar-refractivity contribution in [2.24, 2.45) is 16.0 Å². The third-order valence-corrected chi connectivity index (χ3v) is 5.24. The number of nitrogens with one attached hydrogen (secondary N) is 1. The second-order valence-corrected chi connectivity index (χ2v) is 10.0. The van der Waals surface area contributed by atoms with E-state index in [1.165, 1.54) is 0 Å². The number of likely N-dealkylation sites (tertiary alicyclic amines) is 1. The molecule has 0 aromatic carbocycles. The standard InChI is InChI=1S/C20H38N4O3S/c1-8-9-17(28(21)26)23-15(2)13-22-11-10-16-12-20(6,7)24(14-16)18(25)27-19(3,4)5/h9,16,22H,8,10-14,21H2,1-7H3/b17-9+,23-15+. The number of carbonyl (C=O) groups excluding carboxylic acids is 1. The fraction of sp³-hybridized carbons (Fsp3) is 0.800. The van der Waals surface area contributed by atoms with Crippen LogP contribution in [0.2, 0.25) is 0 Å². The second-order valence-electron chi connectivity index (χ2n) is 9.03. The smallest absolute Gasteiger partial charge is 0.410 e. The largest absolute Gasteiger partial charge is 0.444 e. The monoisotopic (exact) mass is 414 g/mol. The molecule has 1 rings (SSSR count). The number of hydrogen-bond acceptors (Lipinski definition) is 5. The molecule has 0 aromatic heterocycles. The highest BCUT2D eigenvalue weighted by atomic mass is 32.2. The van der Waals surface area contributed by atoms with Crippen molar-refractivity contribution in [3.05, 3.63) is 11.1 Å². The highest BCUT2D eigenvalue weighted by Gasteiger charge is 2.42. The van der Waals surface area contributed by atoms with Gasteiger partial charge in [0.2, 0.25) is 0 Å². The molecule has 0 saturated carbocycles. The number of nitrogens with zero attached hydrogens (tertiary/aromatic N) is 2. The van der Waals surface area contributed by atoms with Crippen LogP contribution in [0, 0.1) is 5.92 Å². The minimum Gasteiger partial charge on any atom is -0.444 e. The van der Waals surface area contributed by atoms with E-state index in [2.05, 4.69) is 24.2 Å². The molecule has 1 saturated heterocycles. The Bertz CT molecular complexity index is 623. The van der Waals surface area contributed by atoms with Crippen LogP contribution in [-0.4, -0.2) is 51.7 Å². The molecule has 0 radical (unpaired) electrons. The number of carbonyl (C=O) groups is 1. The summed E-state index contributed by atoms with van der Waals surface area (Å²) in [4.78, 5) is 18.7. The number of aliphatic imine (C=N–C) groups is 1. The quantitative estimate of drug-likeness (QED) is 0.470. The van der Waals surface area contributed by atoms with Gasteiger partial charge < -0.3 is 15.0 Å². The van der Waals surface area contributed by atoms with Crippen LogP contribution in [0.15, 0.2) is 16.1 Å². The molecule has 2 unspecified atom stereocenters. The zero-order valence-corrected chi connectivity index (χ0v) is 19.3. The highest BCUT2D eigenvalue weighted by Crippen LogP contribution is 2.35. The molecule has 162 valence electrons. The Hall–Kier alpha value is -1.25. The average molecular weight is 415 g/mol. The van der Waals surface area contributed by atoms with E-state index in [1.807, 2.05) is 39.5 Å². The van der Waals surface area contributed by atoms with Crippen molar-refractivity contribution < 1.29 is 13.7 Å². The zero-order chi connectivity index (χ0) is 21.5. The summed E-state index contributed by atoms with van der Waals surface area (Å²) >= 11 is 0. The summed E-state index contributed by atoms with van der Waals surface area (Å²) in [6, 6.07) is 0. The molecule has 28 heavy (non-hydrogen) atoms. The van der Waals surface area contributed by atoms with Gasteiger partial charge in [0.25, 0.3) is 0 Å². The predicted molar refractivity (Wildman–Crippen MR) is 116 cm³/mol. The lowest BCUT2D eigenvalue weighted by Gasteiger charge is -2.33. The van der Waals surface area contributed by atoms with E-state index in [0.717, 1.165) is 31.5 Å². The third kappa shape index (κ3) is 8.41. The number of rotatable bonds is 8. The summed E-state index contributed by atoms with van der Waals surface area (Å²) in [5, 5.41) is 9.24. The molecule has 1 fully saturated rings. The van der Waals surface area contributed by atoms with E-state index in [9.17, 15) is 9.00 Å². The number of ether oxygens (including phenoxy) is 1. The molecule has 8 heteroatoms. The van der Waals surface area contributed by atoms with Crippen molar-refractivity contribution in [1.82, 2.24) is 10.2 Å². The maximum Gasteiger partial charge on any atom is 0.410 e. The molecule has 1 heterocycles. The minimum absolute atomic E-state index is 0.199. The SMILES string of the molecule is CC/C=C(\N=C(/C)CNCCC1CN(C(=O)OC(C)(C)C)C(C)(C)C1)S(N)=O. The van der Waals surface area contributed by atoms with Crippen LogP contribution in [0.25, 0.3) is 0 Å². The van der Waals surface area contributed by atoms with Crippen LogP contribution >= 0.6 is 0 Å². The van der Waals surface area contributed by atoms with E-state index in [-0.39, 0.29) is 11.6 Å². The van der Waals surface area contributed by atoms with Gasteiger partial charge in [-0.05, 0) is 79.3 Å². The molecule has 0 bridgehead atoms. The van der Waals surface area contributed by atoms with Crippen molar-refractivity contribution in [2.45, 2.75) is 78.9 Å². The molecule has 3 N–H and O–H groups in total.